The smallest absolute Gasteiger partial charge is 0.00414 e. The van der Waals surface area contributed by atoms with Gasteiger partial charge >= 0.3 is 0 Å². The zero-order chi connectivity index (χ0) is 7.56. The van der Waals surface area contributed by atoms with Crippen LogP contribution in [0.25, 0.3) is 0 Å². The lowest BCUT2D eigenvalue weighted by Crippen LogP contribution is -2.37. The number of hydrogen-bond acceptors (Lipinski definition) is 1. The van der Waals surface area contributed by atoms with Gasteiger partial charge in [-0.15, -0.1) is 0 Å². The number of hydrogen-bond donors (Lipinski definition) is 1. The molecule has 10 heavy (non-hydrogen) atoms. The van der Waals surface area contributed by atoms with E-state index < -0.39 is 0 Å². The van der Waals surface area contributed by atoms with Crippen molar-refractivity contribution in [2.45, 2.75) is 39.7 Å². The lowest BCUT2D eigenvalue weighted by molar-refractivity contribution is 0.252. The molecule has 1 rings (SSSR count). The Labute approximate surface area is 64.2 Å². The zero-order valence-corrected chi connectivity index (χ0v) is 7.35. The summed E-state index contributed by atoms with van der Waals surface area (Å²) in [6.45, 7) is 8.18. The highest BCUT2D eigenvalue weighted by Gasteiger charge is 2.20. The van der Waals surface area contributed by atoms with Crippen molar-refractivity contribution < 1.29 is 0 Å². The third kappa shape index (κ3) is 1.98. The predicted octanol–water partition coefficient (Wildman–Crippen LogP) is 2.03. The van der Waals surface area contributed by atoms with Crippen molar-refractivity contribution in [1.82, 2.24) is 5.32 Å². The molecular weight excluding hydrogens is 122 g/mol. The van der Waals surface area contributed by atoms with E-state index in [0.29, 0.717) is 0 Å². The van der Waals surface area contributed by atoms with Gasteiger partial charge in [0.25, 0.3) is 0 Å². The maximum atomic E-state index is 3.47. The minimum Gasteiger partial charge on any atom is -0.314 e. The lowest BCUT2D eigenvalue weighted by Gasteiger charge is -2.30. The quantitative estimate of drug-likeness (QED) is 0.589. The monoisotopic (exact) mass is 141 g/mol. The van der Waals surface area contributed by atoms with Crippen molar-refractivity contribution in [1.29, 1.82) is 0 Å². The molecule has 60 valence electrons. The van der Waals surface area contributed by atoms with Gasteiger partial charge in [0.15, 0.2) is 0 Å². The maximum absolute atomic E-state index is 3.47. The number of piperidine rings is 1. The Balaban J connectivity index is 2.32. The fourth-order valence-corrected chi connectivity index (χ4v) is 1.78. The summed E-state index contributed by atoms with van der Waals surface area (Å²) in [4.78, 5) is 0. The van der Waals surface area contributed by atoms with E-state index in [9.17, 15) is 0 Å². The van der Waals surface area contributed by atoms with E-state index in [1.807, 2.05) is 0 Å². The molecule has 0 radical (unpaired) electrons. The Hall–Kier alpha value is -0.0400. The summed E-state index contributed by atoms with van der Waals surface area (Å²) in [7, 11) is 0. The molecule has 2 atom stereocenters. The van der Waals surface area contributed by atoms with Crippen LogP contribution in [0.4, 0.5) is 0 Å². The fourth-order valence-electron chi connectivity index (χ4n) is 1.78. The van der Waals surface area contributed by atoms with Crippen LogP contribution in [0.3, 0.4) is 0 Å². The highest BCUT2D eigenvalue weighted by molar-refractivity contribution is 4.76. The Kier molecular flexibility index (Phi) is 2.72. The SMILES string of the molecule is CC(C)C1CCN[C@H](C)C1. The van der Waals surface area contributed by atoms with E-state index >= 15 is 0 Å². The van der Waals surface area contributed by atoms with Crippen LogP contribution in [0.15, 0.2) is 0 Å². The van der Waals surface area contributed by atoms with Crippen LogP contribution in [0.1, 0.15) is 33.6 Å². The first-order chi connectivity index (χ1) is 4.70. The predicted molar refractivity (Wildman–Crippen MR) is 45.0 cm³/mol. The van der Waals surface area contributed by atoms with Gasteiger partial charge in [-0.3, -0.25) is 0 Å². The third-order valence-electron chi connectivity index (χ3n) is 2.61. The molecule has 1 N–H and O–H groups in total. The van der Waals surface area contributed by atoms with Crippen LogP contribution in [0.5, 0.6) is 0 Å². The Morgan fingerprint density at radius 3 is 2.50 bits per heavy atom. The molecule has 1 heteroatoms. The summed E-state index contributed by atoms with van der Waals surface area (Å²) in [5.74, 6) is 1.85. The summed E-state index contributed by atoms with van der Waals surface area (Å²) in [5, 5.41) is 3.47. The Bertz CT molecular complexity index is 98.9. The second-order valence-electron chi connectivity index (χ2n) is 3.88. The molecule has 1 aliphatic rings. The molecule has 0 aliphatic carbocycles. The highest BCUT2D eigenvalue weighted by Crippen LogP contribution is 2.23. The molecule has 1 heterocycles. The van der Waals surface area contributed by atoms with Crippen molar-refractivity contribution in [3.05, 3.63) is 0 Å². The van der Waals surface area contributed by atoms with Crippen molar-refractivity contribution >= 4 is 0 Å². The van der Waals surface area contributed by atoms with Gasteiger partial charge in [-0.1, -0.05) is 13.8 Å². The van der Waals surface area contributed by atoms with Crippen LogP contribution >= 0.6 is 0 Å². The van der Waals surface area contributed by atoms with Crippen LogP contribution in [-0.2, 0) is 0 Å². The molecule has 0 aromatic carbocycles. The largest absolute Gasteiger partial charge is 0.314 e. The van der Waals surface area contributed by atoms with Gasteiger partial charge in [0.1, 0.15) is 0 Å². The summed E-state index contributed by atoms with van der Waals surface area (Å²) in [5.41, 5.74) is 0. The molecule has 0 bridgehead atoms. The molecule has 1 nitrogen and oxygen atoms in total. The van der Waals surface area contributed by atoms with Gasteiger partial charge < -0.3 is 5.32 Å². The number of nitrogens with one attached hydrogen (secondary N) is 1. The standard InChI is InChI=1S/C9H19N/c1-7(2)9-4-5-10-8(3)6-9/h7-10H,4-6H2,1-3H3/t8-,9?/m1/s1. The molecule has 0 aromatic rings. The van der Waals surface area contributed by atoms with Gasteiger partial charge in [0.2, 0.25) is 0 Å². The summed E-state index contributed by atoms with van der Waals surface area (Å²) in [6, 6.07) is 0.751. The number of rotatable bonds is 1. The second kappa shape index (κ2) is 3.38. The molecule has 1 aliphatic heterocycles. The molecule has 0 saturated carbocycles. The lowest BCUT2D eigenvalue weighted by atomic mass is 9.84. The summed E-state index contributed by atoms with van der Waals surface area (Å²) in [6.07, 6.45) is 2.75. The van der Waals surface area contributed by atoms with Gasteiger partial charge in [-0.05, 0) is 38.1 Å². The Morgan fingerprint density at radius 2 is 2.10 bits per heavy atom. The molecule has 1 fully saturated rings. The van der Waals surface area contributed by atoms with E-state index in [2.05, 4.69) is 26.1 Å². The third-order valence-corrected chi connectivity index (χ3v) is 2.61. The summed E-state index contributed by atoms with van der Waals surface area (Å²) < 4.78 is 0. The van der Waals surface area contributed by atoms with E-state index in [1.165, 1.54) is 19.4 Å². The molecule has 1 unspecified atom stereocenters. The van der Waals surface area contributed by atoms with Gasteiger partial charge in [0, 0.05) is 6.04 Å². The molecular formula is C9H19N. The van der Waals surface area contributed by atoms with Crippen molar-refractivity contribution in [2.24, 2.45) is 11.8 Å². The van der Waals surface area contributed by atoms with Gasteiger partial charge in [-0.2, -0.15) is 0 Å². The first kappa shape index (κ1) is 8.06. The highest BCUT2D eigenvalue weighted by atomic mass is 14.9. The minimum absolute atomic E-state index is 0.751. The van der Waals surface area contributed by atoms with Gasteiger partial charge in [0.05, 0.1) is 0 Å². The average molecular weight is 141 g/mol. The first-order valence-electron chi connectivity index (χ1n) is 4.43. The van der Waals surface area contributed by atoms with E-state index in [-0.39, 0.29) is 0 Å². The van der Waals surface area contributed by atoms with Crippen molar-refractivity contribution in [3.63, 3.8) is 0 Å². The van der Waals surface area contributed by atoms with Crippen LogP contribution in [0, 0.1) is 11.8 Å². The Morgan fingerprint density at radius 1 is 1.40 bits per heavy atom. The second-order valence-corrected chi connectivity index (χ2v) is 3.88. The molecule has 1 saturated heterocycles. The fraction of sp³-hybridized carbons (Fsp3) is 1.00. The zero-order valence-electron chi connectivity index (χ0n) is 7.35. The minimum atomic E-state index is 0.751. The normalized spacial score (nSPS) is 34.8. The van der Waals surface area contributed by atoms with Crippen LogP contribution < -0.4 is 5.32 Å². The van der Waals surface area contributed by atoms with Crippen molar-refractivity contribution in [3.8, 4) is 0 Å². The topological polar surface area (TPSA) is 12.0 Å². The van der Waals surface area contributed by atoms with E-state index in [4.69, 9.17) is 0 Å². The van der Waals surface area contributed by atoms with E-state index in [1.54, 1.807) is 0 Å². The first-order valence-corrected chi connectivity index (χ1v) is 4.43. The van der Waals surface area contributed by atoms with E-state index in [0.717, 1.165) is 17.9 Å². The van der Waals surface area contributed by atoms with Gasteiger partial charge in [-0.25, -0.2) is 0 Å². The average Bonchev–Trinajstić information content (AvgIpc) is 1.88. The summed E-state index contributed by atoms with van der Waals surface area (Å²) >= 11 is 0. The molecule has 0 aromatic heterocycles. The van der Waals surface area contributed by atoms with Crippen molar-refractivity contribution in [2.75, 3.05) is 6.54 Å². The molecule has 0 amide bonds. The molecule has 0 spiro atoms. The van der Waals surface area contributed by atoms with Crippen LogP contribution in [0.2, 0.25) is 0 Å². The maximum Gasteiger partial charge on any atom is 0.00414 e. The van der Waals surface area contributed by atoms with Crippen LogP contribution in [-0.4, -0.2) is 12.6 Å².